The third-order valence-corrected chi connectivity index (χ3v) is 1.13. The van der Waals surface area contributed by atoms with Crippen LogP contribution in [-0.4, -0.2) is 96.3 Å². The summed E-state index contributed by atoms with van der Waals surface area (Å²) in [6, 6.07) is 0. The maximum absolute atomic E-state index is 8.74. The predicted molar refractivity (Wildman–Crippen MR) is 58.1 cm³/mol. The molecule has 0 atom stereocenters. The zero-order valence-corrected chi connectivity index (χ0v) is 7.75. The van der Waals surface area contributed by atoms with Gasteiger partial charge in [0.25, 0.3) is 0 Å². The van der Waals surface area contributed by atoms with Crippen LogP contribution < -0.4 is 0 Å². The molecular weight excluding hydrogens is 258 g/mol. The summed E-state index contributed by atoms with van der Waals surface area (Å²) in [6.45, 7) is 0. The van der Waals surface area contributed by atoms with E-state index in [1.165, 1.54) is 0 Å². The minimum atomic E-state index is -1.45. The maximum atomic E-state index is 8.74. The van der Waals surface area contributed by atoms with Crippen molar-refractivity contribution in [1.82, 2.24) is 0 Å². The van der Waals surface area contributed by atoms with Crippen LogP contribution >= 0.6 is 0 Å². The van der Waals surface area contributed by atoms with Crippen LogP contribution in [0.25, 0.3) is 0 Å². The van der Waals surface area contributed by atoms with Crippen molar-refractivity contribution in [1.29, 1.82) is 0 Å². The molecule has 0 aromatic rings. The van der Waals surface area contributed by atoms with Gasteiger partial charge in [-0.25, -0.2) is 0 Å². The minimum absolute atomic E-state index is 0. The van der Waals surface area contributed by atoms with Crippen molar-refractivity contribution in [2.45, 2.75) is 0 Å². The van der Waals surface area contributed by atoms with Crippen LogP contribution in [0.15, 0.2) is 0 Å². The average molecular weight is 271 g/mol. The molecule has 0 aromatic carbocycles. The first-order valence-electron chi connectivity index (χ1n) is 2.87. The summed E-state index contributed by atoms with van der Waals surface area (Å²) in [4.78, 5) is 0. The Morgan fingerprint density at radius 1 is 0.529 bits per heavy atom. The summed E-state index contributed by atoms with van der Waals surface area (Å²) in [7, 11) is -5.20. The van der Waals surface area contributed by atoms with Crippen LogP contribution in [0.4, 0.5) is 0 Å². The Hall–Kier alpha value is 0.780. The third kappa shape index (κ3) is 8.49. The molecular formula is H13B4NaO12. The number of fused-ring (bicyclic) bond motifs is 2. The number of hydrogen-bond donors (Lipinski definition) is 2. The van der Waals surface area contributed by atoms with Crippen molar-refractivity contribution >= 4 is 58.8 Å². The van der Waals surface area contributed by atoms with Crippen molar-refractivity contribution in [2.75, 3.05) is 0 Å². The molecule has 2 fully saturated rings. The van der Waals surface area contributed by atoms with Gasteiger partial charge in [-0.15, -0.1) is 0 Å². The zero-order chi connectivity index (χ0) is 7.84. The molecule has 2 aliphatic rings. The molecule has 0 aliphatic carbocycles. The molecule has 12 nitrogen and oxygen atoms in total. The van der Waals surface area contributed by atoms with E-state index in [9.17, 15) is 0 Å². The average Bonchev–Trinajstić information content (AvgIpc) is 1.82. The van der Waals surface area contributed by atoms with Gasteiger partial charge in [0, 0.05) is 0 Å². The van der Waals surface area contributed by atoms with Crippen LogP contribution in [0.5, 0.6) is 0 Å². The SMILES string of the molecule is O.O.O.O.O.OB1OB2OB(O)OB(O1)O2.[NaH]. The Kier molecular flexibility index (Phi) is 23.8. The van der Waals surface area contributed by atoms with Crippen LogP contribution in [0, 0.1) is 0 Å². The van der Waals surface area contributed by atoms with E-state index in [1.54, 1.807) is 0 Å². The molecule has 98 valence electrons. The fourth-order valence-corrected chi connectivity index (χ4v) is 0.728. The summed E-state index contributed by atoms with van der Waals surface area (Å²) in [5.41, 5.74) is 0. The first-order chi connectivity index (χ1) is 5.24. The second-order valence-electron chi connectivity index (χ2n) is 1.87. The molecule has 2 aliphatic heterocycles. The molecule has 2 heterocycles. The van der Waals surface area contributed by atoms with E-state index >= 15 is 0 Å². The fraction of sp³-hybridized carbons (Fsp3) is 0. The Balaban J connectivity index is -0.0000000800. The van der Waals surface area contributed by atoms with Gasteiger partial charge in [-0.3, -0.25) is 0 Å². The Morgan fingerprint density at radius 3 is 1.00 bits per heavy atom. The first kappa shape index (κ1) is 30.7. The second-order valence-corrected chi connectivity index (χ2v) is 1.87. The number of hydrogen-bond acceptors (Lipinski definition) is 7. The molecule has 0 spiro atoms. The number of rotatable bonds is 0. The molecule has 17 heteroatoms. The molecule has 0 aromatic heterocycles. The van der Waals surface area contributed by atoms with E-state index in [0.717, 1.165) is 0 Å². The van der Waals surface area contributed by atoms with E-state index in [-0.39, 0.29) is 56.9 Å². The van der Waals surface area contributed by atoms with E-state index < -0.39 is 29.3 Å². The molecule has 0 saturated carbocycles. The molecule has 0 amide bonds. The van der Waals surface area contributed by atoms with Crippen LogP contribution in [0.3, 0.4) is 0 Å². The van der Waals surface area contributed by atoms with Crippen LogP contribution in [0.1, 0.15) is 0 Å². The summed E-state index contributed by atoms with van der Waals surface area (Å²) in [5.74, 6) is 0. The van der Waals surface area contributed by atoms with Gasteiger partial charge in [0.05, 0.1) is 0 Å². The van der Waals surface area contributed by atoms with Gasteiger partial charge in [-0.05, 0) is 0 Å². The van der Waals surface area contributed by atoms with Crippen LogP contribution in [-0.2, 0) is 22.9 Å². The monoisotopic (exact) mass is 272 g/mol. The fourth-order valence-electron chi connectivity index (χ4n) is 0.728. The molecule has 2 saturated heterocycles. The van der Waals surface area contributed by atoms with Gasteiger partial charge in [0.1, 0.15) is 0 Å². The van der Waals surface area contributed by atoms with E-state index in [1.807, 2.05) is 0 Å². The van der Waals surface area contributed by atoms with E-state index in [2.05, 4.69) is 22.9 Å². The van der Waals surface area contributed by atoms with Crippen molar-refractivity contribution in [2.24, 2.45) is 0 Å². The topological polar surface area (TPSA) is 244 Å². The molecule has 2 rings (SSSR count). The van der Waals surface area contributed by atoms with Crippen molar-refractivity contribution < 1.29 is 60.3 Å². The van der Waals surface area contributed by atoms with Gasteiger partial charge < -0.3 is 60.3 Å². The summed E-state index contributed by atoms with van der Waals surface area (Å²) in [5, 5.41) is 17.5. The molecule has 2 bridgehead atoms. The molecule has 12 N–H and O–H groups in total. The Morgan fingerprint density at radius 2 is 0.765 bits per heavy atom. The van der Waals surface area contributed by atoms with Crippen molar-refractivity contribution in [3.8, 4) is 0 Å². The van der Waals surface area contributed by atoms with Crippen LogP contribution in [0.2, 0.25) is 0 Å². The summed E-state index contributed by atoms with van der Waals surface area (Å²) in [6.07, 6.45) is 0. The third-order valence-electron chi connectivity index (χ3n) is 1.13. The van der Waals surface area contributed by atoms with Gasteiger partial charge in [-0.1, -0.05) is 0 Å². The standard InChI is InChI=1S/B4H2O7.Na.5H2O.H/c5-1-7-3-9-2(6)10-4(8-1)11-3;;;;;;;/h5-6H;;5*1H2;. The summed E-state index contributed by atoms with van der Waals surface area (Å²) >= 11 is 0. The van der Waals surface area contributed by atoms with Crippen molar-refractivity contribution in [3.63, 3.8) is 0 Å². The second kappa shape index (κ2) is 13.2. The van der Waals surface area contributed by atoms with Gasteiger partial charge in [-0.2, -0.15) is 0 Å². The zero-order valence-electron chi connectivity index (χ0n) is 7.75. The normalized spacial score (nSPS) is 15.9. The predicted octanol–water partition coefficient (Wildman–Crippen LogP) is -7.75. The Labute approximate surface area is 119 Å². The van der Waals surface area contributed by atoms with Gasteiger partial charge in [0.2, 0.25) is 0 Å². The quantitative estimate of drug-likeness (QED) is 0.402. The molecule has 17 heavy (non-hydrogen) atoms. The van der Waals surface area contributed by atoms with Gasteiger partial charge in [0.15, 0.2) is 0 Å². The molecule has 0 radical (unpaired) electrons. The van der Waals surface area contributed by atoms with E-state index in [0.29, 0.717) is 0 Å². The van der Waals surface area contributed by atoms with E-state index in [4.69, 9.17) is 10.0 Å². The molecule has 0 unspecified atom stereocenters. The van der Waals surface area contributed by atoms with Gasteiger partial charge >= 0.3 is 58.8 Å². The Bertz CT molecular complexity index is 124. The van der Waals surface area contributed by atoms with Crippen molar-refractivity contribution in [3.05, 3.63) is 0 Å². The summed E-state index contributed by atoms with van der Waals surface area (Å²) < 4.78 is 22.6. The first-order valence-corrected chi connectivity index (χ1v) is 2.87.